The van der Waals surface area contributed by atoms with Gasteiger partial charge in [-0.25, -0.2) is 0 Å². The van der Waals surface area contributed by atoms with Gasteiger partial charge in [0.1, 0.15) is 0 Å². The molecule has 0 saturated heterocycles. The number of nitro groups is 1. The van der Waals surface area contributed by atoms with Crippen molar-refractivity contribution in [3.63, 3.8) is 0 Å². The zero-order chi connectivity index (χ0) is 15.6. The molecular weight excluding hydrogens is 292 g/mol. The SMILES string of the molecule is Cc1ccc(N(C)C(=O)c2cc([N+](=O)[O-])ccc2Cl)cc1. The molecule has 0 spiro atoms. The van der Waals surface area contributed by atoms with E-state index in [4.69, 9.17) is 11.6 Å². The van der Waals surface area contributed by atoms with Crippen LogP contribution in [0.25, 0.3) is 0 Å². The number of benzene rings is 2. The predicted molar refractivity (Wildman–Crippen MR) is 82.0 cm³/mol. The fourth-order valence-electron chi connectivity index (χ4n) is 1.86. The summed E-state index contributed by atoms with van der Waals surface area (Å²) < 4.78 is 0. The van der Waals surface area contributed by atoms with Crippen LogP contribution < -0.4 is 4.90 Å². The number of anilines is 1. The van der Waals surface area contributed by atoms with E-state index in [1.807, 2.05) is 19.1 Å². The van der Waals surface area contributed by atoms with Crippen LogP contribution in [0.15, 0.2) is 42.5 Å². The Morgan fingerprint density at radius 2 is 1.81 bits per heavy atom. The molecule has 0 atom stereocenters. The summed E-state index contributed by atoms with van der Waals surface area (Å²) >= 11 is 5.98. The first-order valence-corrected chi connectivity index (χ1v) is 6.56. The molecule has 0 aromatic heterocycles. The van der Waals surface area contributed by atoms with Gasteiger partial charge < -0.3 is 4.90 Å². The van der Waals surface area contributed by atoms with Gasteiger partial charge in [-0.1, -0.05) is 29.3 Å². The molecule has 21 heavy (non-hydrogen) atoms. The van der Waals surface area contributed by atoms with E-state index in [9.17, 15) is 14.9 Å². The monoisotopic (exact) mass is 304 g/mol. The van der Waals surface area contributed by atoms with E-state index in [0.717, 1.165) is 5.56 Å². The van der Waals surface area contributed by atoms with E-state index in [1.165, 1.54) is 23.1 Å². The van der Waals surface area contributed by atoms with Gasteiger partial charge in [0, 0.05) is 24.9 Å². The van der Waals surface area contributed by atoms with Crippen molar-refractivity contribution in [3.05, 3.63) is 68.7 Å². The second kappa shape index (κ2) is 5.93. The molecule has 0 bridgehead atoms. The van der Waals surface area contributed by atoms with Gasteiger partial charge >= 0.3 is 0 Å². The van der Waals surface area contributed by atoms with Gasteiger partial charge in [0.25, 0.3) is 11.6 Å². The van der Waals surface area contributed by atoms with Crippen molar-refractivity contribution in [3.8, 4) is 0 Å². The number of non-ortho nitro benzene ring substituents is 1. The molecule has 0 N–H and O–H groups in total. The molecule has 6 heteroatoms. The third-order valence-corrected chi connectivity index (χ3v) is 3.45. The summed E-state index contributed by atoms with van der Waals surface area (Å²) in [6.07, 6.45) is 0. The van der Waals surface area contributed by atoms with Gasteiger partial charge in [-0.3, -0.25) is 14.9 Å². The van der Waals surface area contributed by atoms with E-state index in [1.54, 1.807) is 19.2 Å². The maximum atomic E-state index is 12.4. The fraction of sp³-hybridized carbons (Fsp3) is 0.133. The average molecular weight is 305 g/mol. The minimum atomic E-state index is -0.557. The Hall–Kier alpha value is -2.40. The molecule has 2 rings (SSSR count). The van der Waals surface area contributed by atoms with Crippen molar-refractivity contribution in [2.45, 2.75) is 6.92 Å². The third-order valence-electron chi connectivity index (χ3n) is 3.12. The van der Waals surface area contributed by atoms with E-state index in [-0.39, 0.29) is 16.3 Å². The van der Waals surface area contributed by atoms with Crippen molar-refractivity contribution in [2.24, 2.45) is 0 Å². The number of halogens is 1. The minimum absolute atomic E-state index is 0.106. The topological polar surface area (TPSA) is 63.5 Å². The van der Waals surface area contributed by atoms with Crippen molar-refractivity contribution in [2.75, 3.05) is 11.9 Å². The summed E-state index contributed by atoms with van der Waals surface area (Å²) in [5.41, 5.74) is 1.70. The summed E-state index contributed by atoms with van der Waals surface area (Å²) in [6, 6.07) is 11.2. The number of carbonyl (C=O) groups excluding carboxylic acids is 1. The Bertz CT molecular complexity index is 699. The largest absolute Gasteiger partial charge is 0.311 e. The number of nitro benzene ring substituents is 1. The van der Waals surface area contributed by atoms with Crippen LogP contribution in [-0.2, 0) is 0 Å². The van der Waals surface area contributed by atoms with Gasteiger partial charge in [-0.15, -0.1) is 0 Å². The Morgan fingerprint density at radius 1 is 1.19 bits per heavy atom. The first kappa shape index (κ1) is 15.0. The van der Waals surface area contributed by atoms with Crippen LogP contribution in [-0.4, -0.2) is 17.9 Å². The van der Waals surface area contributed by atoms with E-state index in [0.29, 0.717) is 5.69 Å². The lowest BCUT2D eigenvalue weighted by Crippen LogP contribution is -2.26. The average Bonchev–Trinajstić information content (AvgIpc) is 2.47. The van der Waals surface area contributed by atoms with Crippen LogP contribution in [0.5, 0.6) is 0 Å². The molecule has 0 radical (unpaired) electrons. The standard InChI is InChI=1S/C15H13ClN2O3/c1-10-3-5-11(6-4-10)17(2)15(19)13-9-12(18(20)21)7-8-14(13)16/h3-9H,1-2H3. The molecule has 2 aromatic carbocycles. The summed E-state index contributed by atoms with van der Waals surface area (Å²) in [5, 5.41) is 11.0. The maximum absolute atomic E-state index is 12.4. The number of hydrogen-bond acceptors (Lipinski definition) is 3. The summed E-state index contributed by atoms with van der Waals surface area (Å²) in [4.78, 5) is 24.1. The Morgan fingerprint density at radius 3 is 2.38 bits per heavy atom. The summed E-state index contributed by atoms with van der Waals surface area (Å²) in [7, 11) is 1.60. The van der Waals surface area contributed by atoms with Crippen molar-refractivity contribution >= 4 is 28.9 Å². The maximum Gasteiger partial charge on any atom is 0.270 e. The van der Waals surface area contributed by atoms with E-state index >= 15 is 0 Å². The number of rotatable bonds is 3. The lowest BCUT2D eigenvalue weighted by molar-refractivity contribution is -0.384. The zero-order valence-corrected chi connectivity index (χ0v) is 12.3. The molecule has 0 aliphatic rings. The van der Waals surface area contributed by atoms with Crippen molar-refractivity contribution < 1.29 is 9.72 Å². The lowest BCUT2D eigenvalue weighted by Gasteiger charge is -2.18. The highest BCUT2D eigenvalue weighted by Gasteiger charge is 2.19. The number of aryl methyl sites for hydroxylation is 1. The molecule has 5 nitrogen and oxygen atoms in total. The molecule has 0 saturated carbocycles. The summed E-state index contributed by atoms with van der Waals surface area (Å²) in [6.45, 7) is 1.95. The van der Waals surface area contributed by atoms with E-state index in [2.05, 4.69) is 0 Å². The van der Waals surface area contributed by atoms with Crippen LogP contribution in [0.2, 0.25) is 5.02 Å². The van der Waals surface area contributed by atoms with Gasteiger partial charge in [0.15, 0.2) is 0 Å². The van der Waals surface area contributed by atoms with Crippen LogP contribution in [0.3, 0.4) is 0 Å². The Balaban J connectivity index is 2.37. The molecule has 0 aliphatic carbocycles. The lowest BCUT2D eigenvalue weighted by atomic mass is 10.1. The van der Waals surface area contributed by atoms with Crippen molar-refractivity contribution in [1.29, 1.82) is 0 Å². The minimum Gasteiger partial charge on any atom is -0.311 e. The first-order chi connectivity index (χ1) is 9.90. The number of nitrogens with zero attached hydrogens (tertiary/aromatic N) is 2. The smallest absolute Gasteiger partial charge is 0.270 e. The molecule has 0 aliphatic heterocycles. The third kappa shape index (κ3) is 3.20. The quantitative estimate of drug-likeness (QED) is 0.639. The summed E-state index contributed by atoms with van der Waals surface area (Å²) in [5.74, 6) is -0.396. The highest BCUT2D eigenvalue weighted by atomic mass is 35.5. The Labute approximate surface area is 126 Å². The fourth-order valence-corrected chi connectivity index (χ4v) is 2.06. The highest BCUT2D eigenvalue weighted by Crippen LogP contribution is 2.25. The zero-order valence-electron chi connectivity index (χ0n) is 11.5. The van der Waals surface area contributed by atoms with Crippen LogP contribution in [0.4, 0.5) is 11.4 Å². The molecule has 0 heterocycles. The van der Waals surface area contributed by atoms with Crippen LogP contribution >= 0.6 is 11.6 Å². The van der Waals surface area contributed by atoms with Gasteiger partial charge in [-0.2, -0.15) is 0 Å². The van der Waals surface area contributed by atoms with Crippen LogP contribution in [0.1, 0.15) is 15.9 Å². The van der Waals surface area contributed by atoms with Gasteiger partial charge in [0.2, 0.25) is 0 Å². The molecule has 1 amide bonds. The number of amides is 1. The van der Waals surface area contributed by atoms with Crippen LogP contribution in [0, 0.1) is 17.0 Å². The second-order valence-corrected chi connectivity index (χ2v) is 5.03. The molecule has 108 valence electrons. The normalized spacial score (nSPS) is 10.2. The number of hydrogen-bond donors (Lipinski definition) is 0. The molecule has 2 aromatic rings. The highest BCUT2D eigenvalue weighted by molar-refractivity contribution is 6.34. The number of carbonyl (C=O) groups is 1. The van der Waals surface area contributed by atoms with Crippen molar-refractivity contribution in [1.82, 2.24) is 0 Å². The molecular formula is C15H13ClN2O3. The Kier molecular flexibility index (Phi) is 4.23. The van der Waals surface area contributed by atoms with E-state index < -0.39 is 10.8 Å². The van der Waals surface area contributed by atoms with Gasteiger partial charge in [0.05, 0.1) is 15.5 Å². The second-order valence-electron chi connectivity index (χ2n) is 4.62. The molecule has 0 fully saturated rings. The molecule has 0 unspecified atom stereocenters. The first-order valence-electron chi connectivity index (χ1n) is 6.19. The predicted octanol–water partition coefficient (Wildman–Crippen LogP) is 3.83. The van der Waals surface area contributed by atoms with Gasteiger partial charge in [-0.05, 0) is 25.1 Å².